The van der Waals surface area contributed by atoms with Crippen molar-refractivity contribution in [3.63, 3.8) is 0 Å². The molecule has 0 aliphatic heterocycles. The lowest BCUT2D eigenvalue weighted by Gasteiger charge is -1.96. The van der Waals surface area contributed by atoms with Crippen LogP contribution in [0, 0.1) is 0 Å². The van der Waals surface area contributed by atoms with Crippen LogP contribution in [0.2, 0.25) is 0 Å². The Bertz CT molecular complexity index is 514. The summed E-state index contributed by atoms with van der Waals surface area (Å²) in [5.41, 5.74) is 7.26. The number of carbonyl (C=O) groups is 1. The van der Waals surface area contributed by atoms with E-state index in [-0.39, 0.29) is 0 Å². The molecule has 3 N–H and O–H groups in total. The molecule has 0 spiro atoms. The van der Waals surface area contributed by atoms with Gasteiger partial charge in [0.15, 0.2) is 0 Å². The fourth-order valence-corrected chi connectivity index (χ4v) is 1.52. The summed E-state index contributed by atoms with van der Waals surface area (Å²) < 4.78 is 0. The Kier molecular flexibility index (Phi) is 2.19. The zero-order valence-electron chi connectivity index (χ0n) is 8.74. The van der Waals surface area contributed by atoms with Crippen LogP contribution in [0.3, 0.4) is 0 Å². The number of nitrogens with one attached hydrogen (secondary N) is 1. The average Bonchev–Trinajstić information content (AvgIpc) is 2.60. The van der Waals surface area contributed by atoms with E-state index in [1.54, 1.807) is 12.1 Å². The van der Waals surface area contributed by atoms with Crippen molar-refractivity contribution in [1.82, 2.24) is 9.97 Å². The molecule has 0 fully saturated rings. The molecule has 2 rings (SSSR count). The Morgan fingerprint density at radius 2 is 2.20 bits per heavy atom. The van der Waals surface area contributed by atoms with Crippen molar-refractivity contribution >= 4 is 16.9 Å². The standard InChI is InChI=1S/C11H13N3O/c1-6(2)11-13-8-5-3-4-7(10(12)15)9(8)14-11/h3-6H,1-2H3,(H2,12,15)(H,13,14). The predicted molar refractivity (Wildman–Crippen MR) is 58.7 cm³/mol. The quantitative estimate of drug-likeness (QED) is 0.781. The van der Waals surface area contributed by atoms with Crippen LogP contribution in [-0.4, -0.2) is 15.9 Å². The van der Waals surface area contributed by atoms with Gasteiger partial charge in [-0.3, -0.25) is 4.79 Å². The first kappa shape index (κ1) is 9.71. The molecule has 0 aliphatic rings. The smallest absolute Gasteiger partial charge is 0.250 e. The van der Waals surface area contributed by atoms with E-state index >= 15 is 0 Å². The van der Waals surface area contributed by atoms with Crippen LogP contribution < -0.4 is 5.73 Å². The fourth-order valence-electron chi connectivity index (χ4n) is 1.52. The van der Waals surface area contributed by atoms with E-state index in [0.29, 0.717) is 17.0 Å². The third-order valence-corrected chi connectivity index (χ3v) is 2.34. The molecule has 2 aromatic rings. The summed E-state index contributed by atoms with van der Waals surface area (Å²) >= 11 is 0. The van der Waals surface area contributed by atoms with Crippen molar-refractivity contribution in [2.75, 3.05) is 0 Å². The minimum absolute atomic E-state index is 0.304. The van der Waals surface area contributed by atoms with Gasteiger partial charge in [0.05, 0.1) is 11.1 Å². The van der Waals surface area contributed by atoms with Gasteiger partial charge in [-0.15, -0.1) is 0 Å². The summed E-state index contributed by atoms with van der Waals surface area (Å²) in [7, 11) is 0. The molecule has 1 amide bonds. The zero-order chi connectivity index (χ0) is 11.0. The molecule has 0 atom stereocenters. The molecule has 0 radical (unpaired) electrons. The fraction of sp³-hybridized carbons (Fsp3) is 0.273. The van der Waals surface area contributed by atoms with Crippen molar-refractivity contribution in [3.8, 4) is 0 Å². The van der Waals surface area contributed by atoms with Gasteiger partial charge in [-0.25, -0.2) is 4.98 Å². The molecule has 4 heteroatoms. The lowest BCUT2D eigenvalue weighted by Crippen LogP contribution is -2.11. The molecule has 1 heterocycles. The molecule has 78 valence electrons. The van der Waals surface area contributed by atoms with Crippen molar-refractivity contribution in [2.24, 2.45) is 5.73 Å². The summed E-state index contributed by atoms with van der Waals surface area (Å²) in [6, 6.07) is 5.38. The molecule has 1 aromatic carbocycles. The second-order valence-corrected chi connectivity index (χ2v) is 3.84. The van der Waals surface area contributed by atoms with Crippen molar-refractivity contribution < 1.29 is 4.79 Å². The highest BCUT2D eigenvalue weighted by Crippen LogP contribution is 2.19. The first-order chi connectivity index (χ1) is 7.09. The lowest BCUT2D eigenvalue weighted by atomic mass is 10.2. The molecule has 0 saturated heterocycles. The van der Waals surface area contributed by atoms with E-state index in [2.05, 4.69) is 9.97 Å². The van der Waals surface area contributed by atoms with Crippen LogP contribution in [-0.2, 0) is 0 Å². The number of benzene rings is 1. The SMILES string of the molecule is CC(C)c1nc2c(C(N)=O)cccc2[nH]1. The largest absolute Gasteiger partial charge is 0.366 e. The first-order valence-electron chi connectivity index (χ1n) is 4.88. The third-order valence-electron chi connectivity index (χ3n) is 2.34. The number of imidazole rings is 1. The second-order valence-electron chi connectivity index (χ2n) is 3.84. The number of aromatic nitrogens is 2. The molecule has 0 saturated carbocycles. The van der Waals surface area contributed by atoms with Gasteiger partial charge in [-0.2, -0.15) is 0 Å². The highest BCUT2D eigenvalue weighted by Gasteiger charge is 2.12. The number of aromatic amines is 1. The highest BCUT2D eigenvalue weighted by atomic mass is 16.1. The summed E-state index contributed by atoms with van der Waals surface area (Å²) in [6.07, 6.45) is 0. The number of H-pyrrole nitrogens is 1. The second kappa shape index (κ2) is 3.38. The Morgan fingerprint density at radius 1 is 1.47 bits per heavy atom. The van der Waals surface area contributed by atoms with Crippen LogP contribution in [0.5, 0.6) is 0 Å². The third kappa shape index (κ3) is 1.58. The predicted octanol–water partition coefficient (Wildman–Crippen LogP) is 1.79. The molecule has 4 nitrogen and oxygen atoms in total. The minimum atomic E-state index is -0.442. The van der Waals surface area contributed by atoms with Gasteiger partial charge in [0.25, 0.3) is 5.91 Å². The van der Waals surface area contributed by atoms with Gasteiger partial charge in [-0.05, 0) is 12.1 Å². The van der Waals surface area contributed by atoms with E-state index in [0.717, 1.165) is 11.3 Å². The van der Waals surface area contributed by atoms with E-state index in [1.807, 2.05) is 19.9 Å². The van der Waals surface area contributed by atoms with Gasteiger partial charge in [0.2, 0.25) is 0 Å². The highest BCUT2D eigenvalue weighted by molar-refractivity contribution is 6.04. The summed E-state index contributed by atoms with van der Waals surface area (Å²) in [6.45, 7) is 4.09. The number of nitrogens with zero attached hydrogens (tertiary/aromatic N) is 1. The van der Waals surface area contributed by atoms with Gasteiger partial charge >= 0.3 is 0 Å². The summed E-state index contributed by atoms with van der Waals surface area (Å²) in [5, 5.41) is 0. The Hall–Kier alpha value is -1.84. The van der Waals surface area contributed by atoms with E-state index in [1.165, 1.54) is 0 Å². The number of fused-ring (bicyclic) bond motifs is 1. The number of rotatable bonds is 2. The molecular formula is C11H13N3O. The van der Waals surface area contributed by atoms with Gasteiger partial charge in [0.1, 0.15) is 11.3 Å². The van der Waals surface area contributed by atoms with Crippen molar-refractivity contribution in [3.05, 3.63) is 29.6 Å². The topological polar surface area (TPSA) is 71.8 Å². The monoisotopic (exact) mass is 203 g/mol. The van der Waals surface area contributed by atoms with E-state index in [9.17, 15) is 4.79 Å². The van der Waals surface area contributed by atoms with Crippen LogP contribution in [0.4, 0.5) is 0 Å². The van der Waals surface area contributed by atoms with E-state index in [4.69, 9.17) is 5.73 Å². The maximum atomic E-state index is 11.2. The average molecular weight is 203 g/mol. The Balaban J connectivity index is 2.70. The van der Waals surface area contributed by atoms with Crippen molar-refractivity contribution in [1.29, 1.82) is 0 Å². The Morgan fingerprint density at radius 3 is 2.80 bits per heavy atom. The van der Waals surface area contributed by atoms with Crippen LogP contribution in [0.25, 0.3) is 11.0 Å². The molecule has 0 aliphatic carbocycles. The molecule has 0 bridgehead atoms. The van der Waals surface area contributed by atoms with Crippen LogP contribution >= 0.6 is 0 Å². The number of primary amides is 1. The van der Waals surface area contributed by atoms with Gasteiger partial charge < -0.3 is 10.7 Å². The number of nitrogens with two attached hydrogens (primary N) is 1. The normalized spacial score (nSPS) is 11.1. The maximum absolute atomic E-state index is 11.2. The summed E-state index contributed by atoms with van der Waals surface area (Å²) in [4.78, 5) is 18.7. The zero-order valence-corrected chi connectivity index (χ0v) is 8.74. The number of para-hydroxylation sites is 1. The first-order valence-corrected chi connectivity index (χ1v) is 4.88. The van der Waals surface area contributed by atoms with Crippen LogP contribution in [0.1, 0.15) is 35.9 Å². The molecular weight excluding hydrogens is 190 g/mol. The molecule has 15 heavy (non-hydrogen) atoms. The maximum Gasteiger partial charge on any atom is 0.250 e. The molecule has 0 unspecified atom stereocenters. The van der Waals surface area contributed by atoms with Gasteiger partial charge in [-0.1, -0.05) is 19.9 Å². The van der Waals surface area contributed by atoms with E-state index < -0.39 is 5.91 Å². The van der Waals surface area contributed by atoms with Gasteiger partial charge in [0, 0.05) is 5.92 Å². The summed E-state index contributed by atoms with van der Waals surface area (Å²) in [5.74, 6) is 0.735. The molecule has 1 aromatic heterocycles. The number of amides is 1. The lowest BCUT2D eigenvalue weighted by molar-refractivity contribution is 0.100. The van der Waals surface area contributed by atoms with Crippen molar-refractivity contribution in [2.45, 2.75) is 19.8 Å². The number of hydrogen-bond donors (Lipinski definition) is 2. The number of carbonyl (C=O) groups excluding carboxylic acids is 1. The Labute approximate surface area is 87.5 Å². The number of hydrogen-bond acceptors (Lipinski definition) is 2. The van der Waals surface area contributed by atoms with Crippen LogP contribution in [0.15, 0.2) is 18.2 Å². The minimum Gasteiger partial charge on any atom is -0.366 e.